The Morgan fingerprint density at radius 1 is 1.53 bits per heavy atom. The molecule has 0 bridgehead atoms. The molecule has 0 atom stereocenters. The highest BCUT2D eigenvalue weighted by Crippen LogP contribution is 2.25. The highest BCUT2D eigenvalue weighted by atomic mass is 16.6. The Balaban J connectivity index is 3.20. The van der Waals surface area contributed by atoms with E-state index in [9.17, 15) is 14.9 Å². The molecule has 1 aromatic rings. The third-order valence-corrected chi connectivity index (χ3v) is 1.97. The van der Waals surface area contributed by atoms with Crippen molar-refractivity contribution in [2.45, 2.75) is 13.8 Å². The fourth-order valence-electron chi connectivity index (χ4n) is 1.25. The van der Waals surface area contributed by atoms with Crippen LogP contribution in [0.1, 0.15) is 24.2 Å². The summed E-state index contributed by atoms with van der Waals surface area (Å²) in [5.74, 6) is -0.107. The zero-order valence-electron chi connectivity index (χ0n) is 8.61. The molecule has 0 spiro atoms. The van der Waals surface area contributed by atoms with E-state index in [4.69, 9.17) is 0 Å². The van der Waals surface area contributed by atoms with Gasteiger partial charge in [0.05, 0.1) is 4.92 Å². The maximum atomic E-state index is 11.1. The molecule has 5 heteroatoms. The van der Waals surface area contributed by atoms with Crippen molar-refractivity contribution in [3.05, 3.63) is 33.9 Å². The van der Waals surface area contributed by atoms with E-state index >= 15 is 0 Å². The lowest BCUT2D eigenvalue weighted by Gasteiger charge is -2.05. The van der Waals surface area contributed by atoms with Gasteiger partial charge in [0.1, 0.15) is 5.69 Å². The molecule has 0 saturated heterocycles. The van der Waals surface area contributed by atoms with E-state index in [1.165, 1.54) is 25.1 Å². The molecule has 1 aromatic carbocycles. The fraction of sp³-hybridized carbons (Fsp3) is 0.300. The summed E-state index contributed by atoms with van der Waals surface area (Å²) >= 11 is 0. The third-order valence-electron chi connectivity index (χ3n) is 1.97. The first-order chi connectivity index (χ1) is 7.06. The van der Waals surface area contributed by atoms with Gasteiger partial charge in [-0.15, -0.1) is 0 Å². The van der Waals surface area contributed by atoms with Crippen molar-refractivity contribution >= 4 is 17.2 Å². The van der Waals surface area contributed by atoms with Gasteiger partial charge in [-0.2, -0.15) is 0 Å². The Bertz CT molecular complexity index is 402. The maximum Gasteiger partial charge on any atom is 0.292 e. The third kappa shape index (κ3) is 2.52. The van der Waals surface area contributed by atoms with Crippen LogP contribution in [0.4, 0.5) is 11.4 Å². The second-order valence-corrected chi connectivity index (χ2v) is 3.08. The van der Waals surface area contributed by atoms with Crippen LogP contribution in [0.25, 0.3) is 0 Å². The molecule has 0 fully saturated rings. The zero-order chi connectivity index (χ0) is 11.4. The monoisotopic (exact) mass is 208 g/mol. The van der Waals surface area contributed by atoms with Gasteiger partial charge in [-0.05, 0) is 26.0 Å². The van der Waals surface area contributed by atoms with Crippen molar-refractivity contribution < 1.29 is 9.72 Å². The average molecular weight is 208 g/mol. The molecule has 15 heavy (non-hydrogen) atoms. The molecule has 0 aliphatic carbocycles. The minimum absolute atomic E-state index is 0.0122. The molecule has 0 radical (unpaired) electrons. The molecule has 5 nitrogen and oxygen atoms in total. The van der Waals surface area contributed by atoms with E-state index in [0.717, 1.165) is 0 Å². The minimum atomic E-state index is -0.470. The van der Waals surface area contributed by atoms with Crippen molar-refractivity contribution in [2.75, 3.05) is 11.9 Å². The van der Waals surface area contributed by atoms with E-state index in [1.807, 2.05) is 6.92 Å². The van der Waals surface area contributed by atoms with E-state index < -0.39 is 4.92 Å². The van der Waals surface area contributed by atoms with Crippen molar-refractivity contribution in [2.24, 2.45) is 0 Å². The molecule has 0 heterocycles. The number of rotatable bonds is 4. The smallest absolute Gasteiger partial charge is 0.292 e. The van der Waals surface area contributed by atoms with Gasteiger partial charge in [0.2, 0.25) is 0 Å². The van der Waals surface area contributed by atoms with Gasteiger partial charge in [0.25, 0.3) is 5.69 Å². The largest absolute Gasteiger partial charge is 0.380 e. The van der Waals surface area contributed by atoms with Crippen LogP contribution >= 0.6 is 0 Å². The SMILES string of the molecule is CCNc1cc(C(C)=O)ccc1[N+](=O)[O-]. The van der Waals surface area contributed by atoms with Crippen molar-refractivity contribution in [1.82, 2.24) is 0 Å². The fourth-order valence-corrected chi connectivity index (χ4v) is 1.25. The second kappa shape index (κ2) is 4.54. The van der Waals surface area contributed by atoms with Gasteiger partial charge in [0.15, 0.2) is 5.78 Å². The van der Waals surface area contributed by atoms with Gasteiger partial charge >= 0.3 is 0 Å². The Morgan fingerprint density at radius 2 is 2.20 bits per heavy atom. The average Bonchev–Trinajstić information content (AvgIpc) is 2.17. The Hall–Kier alpha value is -1.91. The first-order valence-corrected chi connectivity index (χ1v) is 4.59. The van der Waals surface area contributed by atoms with Crippen molar-refractivity contribution in [3.8, 4) is 0 Å². The van der Waals surface area contributed by atoms with Crippen LogP contribution in [-0.2, 0) is 0 Å². The van der Waals surface area contributed by atoms with Gasteiger partial charge in [-0.25, -0.2) is 0 Å². The van der Waals surface area contributed by atoms with Crippen LogP contribution in [0.3, 0.4) is 0 Å². The quantitative estimate of drug-likeness (QED) is 0.468. The lowest BCUT2D eigenvalue weighted by molar-refractivity contribution is -0.384. The van der Waals surface area contributed by atoms with Crippen LogP contribution in [0.2, 0.25) is 0 Å². The van der Waals surface area contributed by atoms with Crippen LogP contribution < -0.4 is 5.32 Å². The van der Waals surface area contributed by atoms with E-state index in [-0.39, 0.29) is 11.5 Å². The summed E-state index contributed by atoms with van der Waals surface area (Å²) in [7, 11) is 0. The number of Topliss-reactive ketones (excluding diaryl/α,β-unsaturated/α-hetero) is 1. The molecular weight excluding hydrogens is 196 g/mol. The topological polar surface area (TPSA) is 72.2 Å². The molecule has 0 saturated carbocycles. The molecule has 1 N–H and O–H groups in total. The normalized spacial score (nSPS) is 9.73. The van der Waals surface area contributed by atoms with Gasteiger partial charge in [-0.1, -0.05) is 0 Å². The Kier molecular flexibility index (Phi) is 3.38. The molecule has 1 rings (SSSR count). The maximum absolute atomic E-state index is 11.1. The first kappa shape index (κ1) is 11.2. The van der Waals surface area contributed by atoms with Crippen molar-refractivity contribution in [1.29, 1.82) is 0 Å². The van der Waals surface area contributed by atoms with Crippen LogP contribution in [0.5, 0.6) is 0 Å². The number of nitro benzene ring substituents is 1. The summed E-state index contributed by atoms with van der Waals surface area (Å²) in [5, 5.41) is 13.5. The van der Waals surface area contributed by atoms with E-state index in [0.29, 0.717) is 17.8 Å². The number of benzene rings is 1. The molecule has 0 aromatic heterocycles. The predicted molar refractivity (Wildman–Crippen MR) is 57.3 cm³/mol. The summed E-state index contributed by atoms with van der Waals surface area (Å²) < 4.78 is 0. The highest BCUT2D eigenvalue weighted by molar-refractivity contribution is 5.95. The Morgan fingerprint density at radius 3 is 2.67 bits per heavy atom. The van der Waals surface area contributed by atoms with Gasteiger partial charge < -0.3 is 5.32 Å². The molecule has 0 unspecified atom stereocenters. The number of ketones is 1. The number of nitrogens with one attached hydrogen (secondary N) is 1. The highest BCUT2D eigenvalue weighted by Gasteiger charge is 2.14. The number of nitrogens with zero attached hydrogens (tertiary/aromatic N) is 1. The second-order valence-electron chi connectivity index (χ2n) is 3.08. The summed E-state index contributed by atoms with van der Waals surface area (Å²) in [6.45, 7) is 3.84. The Labute approximate surface area is 87.3 Å². The van der Waals surface area contributed by atoms with E-state index in [2.05, 4.69) is 5.32 Å². The number of carbonyl (C=O) groups is 1. The molecule has 0 aliphatic rings. The number of hydrogen-bond donors (Lipinski definition) is 1. The number of nitro groups is 1. The van der Waals surface area contributed by atoms with Crippen LogP contribution in [0, 0.1) is 10.1 Å². The molecule has 0 aliphatic heterocycles. The van der Waals surface area contributed by atoms with Crippen LogP contribution in [-0.4, -0.2) is 17.3 Å². The minimum Gasteiger partial charge on any atom is -0.380 e. The van der Waals surface area contributed by atoms with Crippen molar-refractivity contribution in [3.63, 3.8) is 0 Å². The van der Waals surface area contributed by atoms with E-state index in [1.54, 1.807) is 0 Å². The lowest BCUT2D eigenvalue weighted by Crippen LogP contribution is -2.03. The van der Waals surface area contributed by atoms with Crippen LogP contribution in [0.15, 0.2) is 18.2 Å². The number of anilines is 1. The summed E-state index contributed by atoms with van der Waals surface area (Å²) in [6, 6.07) is 4.31. The summed E-state index contributed by atoms with van der Waals surface area (Å²) in [5.41, 5.74) is 0.841. The molecule has 80 valence electrons. The zero-order valence-corrected chi connectivity index (χ0v) is 8.61. The summed E-state index contributed by atoms with van der Waals surface area (Å²) in [4.78, 5) is 21.3. The lowest BCUT2D eigenvalue weighted by atomic mass is 10.1. The van der Waals surface area contributed by atoms with Gasteiger partial charge in [-0.3, -0.25) is 14.9 Å². The molecule has 0 amide bonds. The molecular formula is C10H12N2O3. The standard InChI is InChI=1S/C10H12N2O3/c1-3-11-9-6-8(7(2)13)4-5-10(9)12(14)15/h4-6,11H,3H2,1-2H3. The first-order valence-electron chi connectivity index (χ1n) is 4.59. The predicted octanol–water partition coefficient (Wildman–Crippen LogP) is 2.23. The summed E-state index contributed by atoms with van der Waals surface area (Å²) in [6.07, 6.45) is 0. The van der Waals surface area contributed by atoms with Gasteiger partial charge in [0, 0.05) is 18.2 Å². The number of hydrogen-bond acceptors (Lipinski definition) is 4. The number of carbonyl (C=O) groups excluding carboxylic acids is 1.